The van der Waals surface area contributed by atoms with Crippen molar-refractivity contribution in [3.05, 3.63) is 10.9 Å². The molecule has 0 aromatic carbocycles. The number of thioether (sulfide) groups is 1. The molecule has 0 aliphatic carbocycles. The third-order valence-corrected chi connectivity index (χ3v) is 3.41. The first-order valence-electron chi connectivity index (χ1n) is 2.81. The summed E-state index contributed by atoms with van der Waals surface area (Å²) in [6, 6.07) is 1.48. The van der Waals surface area contributed by atoms with Crippen LogP contribution in [-0.4, -0.2) is 17.3 Å². The van der Waals surface area contributed by atoms with Crippen LogP contribution in [0, 0.1) is 0 Å². The number of carboxylic acids is 1. The Morgan fingerprint density at radius 3 is 2.73 bits per heavy atom. The fourth-order valence-electron chi connectivity index (χ4n) is 0.653. The van der Waals surface area contributed by atoms with Crippen molar-refractivity contribution in [2.75, 3.05) is 12.0 Å². The lowest BCUT2D eigenvalue weighted by atomic mass is 10.4. The van der Waals surface area contributed by atoms with Crippen LogP contribution in [-0.2, 0) is 0 Å². The van der Waals surface area contributed by atoms with Gasteiger partial charge in [-0.15, -0.1) is 23.1 Å². The number of carbonyl (C=O) groups is 1. The Hall–Kier alpha value is -0.680. The number of hydrogen-bond donors (Lipinski definition) is 2. The quantitative estimate of drug-likeness (QED) is 0.696. The fourth-order valence-corrected chi connectivity index (χ4v) is 2.20. The number of nitrogen functional groups attached to an aromatic ring is 1. The first-order valence-corrected chi connectivity index (χ1v) is 4.86. The predicted molar refractivity (Wildman–Crippen MR) is 47.5 cm³/mol. The smallest absolute Gasteiger partial charge is 0.345 e. The highest BCUT2D eigenvalue weighted by Crippen LogP contribution is 2.32. The van der Waals surface area contributed by atoms with E-state index in [-0.39, 0.29) is 0 Å². The minimum Gasteiger partial charge on any atom is -0.477 e. The van der Waals surface area contributed by atoms with Crippen LogP contribution in [0.4, 0.5) is 5.69 Å². The van der Waals surface area contributed by atoms with Crippen molar-refractivity contribution in [3.8, 4) is 0 Å². The Morgan fingerprint density at radius 2 is 2.45 bits per heavy atom. The molecule has 0 bridgehead atoms. The third-order valence-electron chi connectivity index (χ3n) is 1.12. The molecule has 0 aliphatic rings. The van der Waals surface area contributed by atoms with Gasteiger partial charge in [0.05, 0.1) is 9.90 Å². The number of carboxylic acid groups (broad SMARTS) is 1. The Kier molecular flexibility index (Phi) is 2.41. The Bertz CT molecular complexity index is 282. The van der Waals surface area contributed by atoms with Gasteiger partial charge in [0.1, 0.15) is 4.88 Å². The van der Waals surface area contributed by atoms with Gasteiger partial charge in [-0.05, 0) is 12.3 Å². The average Bonchev–Trinajstić information content (AvgIpc) is 2.31. The Labute approximate surface area is 72.2 Å². The number of thiophene rings is 1. The lowest BCUT2D eigenvalue weighted by molar-refractivity contribution is 0.0702. The number of hydrogen-bond acceptors (Lipinski definition) is 4. The van der Waals surface area contributed by atoms with Crippen LogP contribution in [0.3, 0.4) is 0 Å². The maximum Gasteiger partial charge on any atom is 0.345 e. The molecule has 0 radical (unpaired) electrons. The van der Waals surface area contributed by atoms with Crippen molar-refractivity contribution in [3.63, 3.8) is 0 Å². The lowest BCUT2D eigenvalue weighted by Crippen LogP contribution is -1.90. The molecule has 1 heterocycles. The van der Waals surface area contributed by atoms with E-state index in [9.17, 15) is 4.79 Å². The Balaban J connectivity index is 3.05. The van der Waals surface area contributed by atoms with Crippen LogP contribution in [0.2, 0.25) is 0 Å². The molecule has 0 fully saturated rings. The minimum atomic E-state index is -0.915. The van der Waals surface area contributed by atoms with Crippen molar-refractivity contribution in [2.24, 2.45) is 0 Å². The van der Waals surface area contributed by atoms with Crippen LogP contribution >= 0.6 is 23.1 Å². The molecule has 0 saturated heterocycles. The molecular formula is C6H7NO2S2. The molecule has 1 aromatic rings. The molecule has 0 amide bonds. The highest BCUT2D eigenvalue weighted by molar-refractivity contribution is 8.00. The van der Waals surface area contributed by atoms with Crippen molar-refractivity contribution in [1.29, 1.82) is 0 Å². The lowest BCUT2D eigenvalue weighted by Gasteiger charge is -1.87. The Morgan fingerprint density at radius 1 is 1.82 bits per heavy atom. The second-order valence-electron chi connectivity index (χ2n) is 1.86. The molecule has 3 nitrogen and oxygen atoms in total. The van der Waals surface area contributed by atoms with Crippen molar-refractivity contribution >= 4 is 34.8 Å². The zero-order valence-electron chi connectivity index (χ0n) is 5.83. The number of anilines is 1. The monoisotopic (exact) mass is 189 g/mol. The van der Waals surface area contributed by atoms with Crippen molar-refractivity contribution in [2.45, 2.75) is 4.21 Å². The van der Waals surface area contributed by atoms with E-state index in [2.05, 4.69) is 0 Å². The van der Waals surface area contributed by atoms with E-state index in [0.717, 1.165) is 4.21 Å². The standard InChI is InChI=1S/C6H7NO2S2/c1-10-6-3(7)2-4(11-6)5(8)9/h2H,7H2,1H3,(H,8,9). The van der Waals surface area contributed by atoms with E-state index in [1.165, 1.54) is 29.2 Å². The summed E-state index contributed by atoms with van der Waals surface area (Å²) in [6.45, 7) is 0. The molecule has 1 rings (SSSR count). The van der Waals surface area contributed by atoms with Gasteiger partial charge in [-0.1, -0.05) is 0 Å². The van der Waals surface area contributed by atoms with Crippen LogP contribution in [0.1, 0.15) is 9.67 Å². The van der Waals surface area contributed by atoms with E-state index in [1.807, 2.05) is 6.26 Å². The summed E-state index contributed by atoms with van der Waals surface area (Å²) >= 11 is 2.67. The maximum absolute atomic E-state index is 10.4. The topological polar surface area (TPSA) is 63.3 Å². The van der Waals surface area contributed by atoms with E-state index in [0.29, 0.717) is 10.6 Å². The van der Waals surface area contributed by atoms with Crippen molar-refractivity contribution < 1.29 is 9.90 Å². The molecule has 0 spiro atoms. The largest absolute Gasteiger partial charge is 0.477 e. The zero-order valence-corrected chi connectivity index (χ0v) is 7.46. The minimum absolute atomic E-state index is 0.298. The molecule has 3 N–H and O–H groups in total. The summed E-state index contributed by atoms with van der Waals surface area (Å²) in [5.41, 5.74) is 6.07. The van der Waals surface area contributed by atoms with Crippen LogP contribution in [0.5, 0.6) is 0 Å². The van der Waals surface area contributed by atoms with Gasteiger partial charge in [0, 0.05) is 0 Å². The molecule has 0 unspecified atom stereocenters. The summed E-state index contributed by atoms with van der Waals surface area (Å²) in [7, 11) is 0. The van der Waals surface area contributed by atoms with E-state index < -0.39 is 5.97 Å². The highest BCUT2D eigenvalue weighted by Gasteiger charge is 2.10. The normalized spacial score (nSPS) is 9.91. The predicted octanol–water partition coefficient (Wildman–Crippen LogP) is 1.75. The van der Waals surface area contributed by atoms with Gasteiger partial charge >= 0.3 is 5.97 Å². The molecule has 60 valence electrons. The van der Waals surface area contributed by atoms with Crippen LogP contribution in [0.25, 0.3) is 0 Å². The molecule has 1 aromatic heterocycles. The third kappa shape index (κ3) is 1.66. The molecule has 5 heteroatoms. The van der Waals surface area contributed by atoms with Gasteiger partial charge in [-0.25, -0.2) is 4.79 Å². The summed E-state index contributed by atoms with van der Waals surface area (Å²) in [6.07, 6.45) is 1.87. The van der Waals surface area contributed by atoms with Crippen molar-refractivity contribution in [1.82, 2.24) is 0 Å². The van der Waals surface area contributed by atoms with Gasteiger partial charge in [-0.2, -0.15) is 0 Å². The van der Waals surface area contributed by atoms with Gasteiger partial charge < -0.3 is 10.8 Å². The molecule has 0 aliphatic heterocycles. The first kappa shape index (κ1) is 8.42. The second-order valence-corrected chi connectivity index (χ2v) is 3.99. The molecule has 0 saturated carbocycles. The maximum atomic E-state index is 10.4. The highest BCUT2D eigenvalue weighted by atomic mass is 32.2. The van der Waals surface area contributed by atoms with Crippen LogP contribution < -0.4 is 5.73 Å². The average molecular weight is 189 g/mol. The van der Waals surface area contributed by atoms with Gasteiger partial charge in [0.15, 0.2) is 0 Å². The number of rotatable bonds is 2. The summed E-state index contributed by atoms with van der Waals surface area (Å²) in [4.78, 5) is 10.7. The molecule has 11 heavy (non-hydrogen) atoms. The summed E-state index contributed by atoms with van der Waals surface area (Å²) < 4.78 is 0.863. The van der Waals surface area contributed by atoms with E-state index in [1.54, 1.807) is 0 Å². The fraction of sp³-hybridized carbons (Fsp3) is 0.167. The van der Waals surface area contributed by atoms with Crippen LogP contribution in [0.15, 0.2) is 10.3 Å². The van der Waals surface area contributed by atoms with E-state index >= 15 is 0 Å². The van der Waals surface area contributed by atoms with E-state index in [4.69, 9.17) is 10.8 Å². The van der Waals surface area contributed by atoms with Gasteiger partial charge in [0.2, 0.25) is 0 Å². The number of nitrogens with two attached hydrogens (primary N) is 1. The summed E-state index contributed by atoms with van der Waals surface area (Å²) in [5.74, 6) is -0.915. The number of aromatic carboxylic acids is 1. The SMILES string of the molecule is CSc1sc(C(=O)O)cc1N. The zero-order chi connectivity index (χ0) is 8.43. The summed E-state index contributed by atoms with van der Waals surface area (Å²) in [5, 5.41) is 8.56. The first-order chi connectivity index (χ1) is 5.15. The molecule has 0 atom stereocenters. The second kappa shape index (κ2) is 3.15. The molecular weight excluding hydrogens is 182 g/mol. The van der Waals surface area contributed by atoms with Gasteiger partial charge in [-0.3, -0.25) is 0 Å². The van der Waals surface area contributed by atoms with Gasteiger partial charge in [0.25, 0.3) is 0 Å².